The second-order valence-corrected chi connectivity index (χ2v) is 6.67. The minimum atomic E-state index is 0.758. The molecule has 1 aromatic rings. The van der Waals surface area contributed by atoms with Gasteiger partial charge in [0.1, 0.15) is 0 Å². The second-order valence-electron chi connectivity index (χ2n) is 6.67. The van der Waals surface area contributed by atoms with Gasteiger partial charge in [-0.05, 0) is 19.3 Å². The monoisotopic (exact) mass is 305 g/mol. The highest BCUT2D eigenvalue weighted by atomic mass is 15.3. The number of aryl methyl sites for hydroxylation is 2. The molecule has 1 aromatic heterocycles. The number of hydrogen-bond acceptors (Lipinski definition) is 4. The van der Waals surface area contributed by atoms with Gasteiger partial charge in [-0.15, -0.1) is 0 Å². The largest absolute Gasteiger partial charge is 0.314 e. The Morgan fingerprint density at radius 3 is 2.59 bits per heavy atom. The maximum Gasteiger partial charge on any atom is 0.0669 e. The number of likely N-dealkylation sites (tertiary alicyclic amines) is 1. The van der Waals surface area contributed by atoms with Crippen molar-refractivity contribution in [1.29, 1.82) is 0 Å². The number of nitrogens with one attached hydrogen (secondary N) is 1. The molecular formula is C17H31N5. The van der Waals surface area contributed by atoms with Crippen molar-refractivity contribution in [2.24, 2.45) is 7.05 Å². The van der Waals surface area contributed by atoms with E-state index >= 15 is 0 Å². The molecule has 0 saturated carbocycles. The van der Waals surface area contributed by atoms with E-state index in [0.717, 1.165) is 38.5 Å². The lowest BCUT2D eigenvalue weighted by Crippen LogP contribution is -2.49. The van der Waals surface area contributed by atoms with E-state index in [-0.39, 0.29) is 0 Å². The highest BCUT2D eigenvalue weighted by Gasteiger charge is 2.29. The summed E-state index contributed by atoms with van der Waals surface area (Å²) in [6.45, 7) is 12.7. The van der Waals surface area contributed by atoms with Gasteiger partial charge in [0.2, 0.25) is 0 Å². The Morgan fingerprint density at radius 2 is 1.91 bits per heavy atom. The van der Waals surface area contributed by atoms with Gasteiger partial charge in [0.15, 0.2) is 0 Å². The van der Waals surface area contributed by atoms with Gasteiger partial charge >= 0.3 is 0 Å². The molecule has 1 N–H and O–H groups in total. The molecule has 22 heavy (non-hydrogen) atoms. The zero-order valence-corrected chi connectivity index (χ0v) is 14.4. The smallest absolute Gasteiger partial charge is 0.0669 e. The molecule has 0 radical (unpaired) electrons. The molecule has 124 valence electrons. The van der Waals surface area contributed by atoms with Crippen LogP contribution in [0.15, 0.2) is 0 Å². The fraction of sp³-hybridized carbons (Fsp3) is 0.824. The lowest BCUT2D eigenvalue weighted by molar-refractivity contribution is 0.170. The number of hydrogen-bond donors (Lipinski definition) is 1. The van der Waals surface area contributed by atoms with Crippen molar-refractivity contribution in [3.05, 3.63) is 17.0 Å². The van der Waals surface area contributed by atoms with Crippen molar-refractivity contribution in [3.8, 4) is 0 Å². The third-order valence-corrected chi connectivity index (χ3v) is 5.33. The molecule has 5 heteroatoms. The molecular weight excluding hydrogens is 274 g/mol. The molecule has 0 bridgehead atoms. The number of rotatable bonds is 5. The SMILES string of the molecule is CCc1nn(C)c(CC)c1CN1CCC(N2CCNCC2)C1. The molecule has 1 atom stereocenters. The Hall–Kier alpha value is -0.910. The van der Waals surface area contributed by atoms with Gasteiger partial charge in [-0.25, -0.2) is 0 Å². The molecule has 0 spiro atoms. The summed E-state index contributed by atoms with van der Waals surface area (Å²) < 4.78 is 2.10. The van der Waals surface area contributed by atoms with Gasteiger partial charge in [-0.3, -0.25) is 14.5 Å². The van der Waals surface area contributed by atoms with Crippen LogP contribution < -0.4 is 5.32 Å². The fourth-order valence-corrected chi connectivity index (χ4v) is 4.10. The molecule has 1 unspecified atom stereocenters. The van der Waals surface area contributed by atoms with Crippen LogP contribution in [0.4, 0.5) is 0 Å². The fourth-order valence-electron chi connectivity index (χ4n) is 4.10. The van der Waals surface area contributed by atoms with E-state index in [9.17, 15) is 0 Å². The first-order valence-corrected chi connectivity index (χ1v) is 8.93. The van der Waals surface area contributed by atoms with E-state index in [1.54, 1.807) is 0 Å². The Kier molecular flexibility index (Phi) is 5.16. The second kappa shape index (κ2) is 7.11. The molecule has 2 aliphatic heterocycles. The quantitative estimate of drug-likeness (QED) is 0.881. The average molecular weight is 305 g/mol. The first-order chi connectivity index (χ1) is 10.7. The van der Waals surface area contributed by atoms with Crippen molar-refractivity contribution in [1.82, 2.24) is 24.9 Å². The van der Waals surface area contributed by atoms with E-state index in [2.05, 4.69) is 40.7 Å². The summed E-state index contributed by atoms with van der Waals surface area (Å²) in [4.78, 5) is 5.32. The van der Waals surface area contributed by atoms with Crippen LogP contribution in [0.2, 0.25) is 0 Å². The van der Waals surface area contributed by atoms with E-state index in [1.807, 2.05) is 0 Å². The Morgan fingerprint density at radius 1 is 1.14 bits per heavy atom. The molecule has 2 saturated heterocycles. The van der Waals surface area contributed by atoms with Gasteiger partial charge in [-0.1, -0.05) is 13.8 Å². The van der Waals surface area contributed by atoms with Crippen molar-refractivity contribution >= 4 is 0 Å². The molecule has 2 aliphatic rings. The van der Waals surface area contributed by atoms with Gasteiger partial charge < -0.3 is 5.32 Å². The number of nitrogens with zero attached hydrogens (tertiary/aromatic N) is 4. The van der Waals surface area contributed by atoms with Crippen LogP contribution in [0, 0.1) is 0 Å². The van der Waals surface area contributed by atoms with E-state index in [4.69, 9.17) is 5.10 Å². The minimum Gasteiger partial charge on any atom is -0.314 e. The van der Waals surface area contributed by atoms with E-state index < -0.39 is 0 Å². The first kappa shape index (κ1) is 16.0. The Labute approximate surface area is 134 Å². The first-order valence-electron chi connectivity index (χ1n) is 8.93. The summed E-state index contributed by atoms with van der Waals surface area (Å²) in [6, 6.07) is 0.758. The van der Waals surface area contributed by atoms with Gasteiger partial charge in [0.25, 0.3) is 0 Å². The third kappa shape index (κ3) is 3.21. The van der Waals surface area contributed by atoms with Crippen LogP contribution in [0.1, 0.15) is 37.2 Å². The molecule has 0 aromatic carbocycles. The van der Waals surface area contributed by atoms with E-state index in [1.165, 1.54) is 49.6 Å². The van der Waals surface area contributed by atoms with Crippen LogP contribution >= 0.6 is 0 Å². The van der Waals surface area contributed by atoms with E-state index in [0.29, 0.717) is 0 Å². The predicted octanol–water partition coefficient (Wildman–Crippen LogP) is 1.02. The van der Waals surface area contributed by atoms with Crippen LogP contribution in [-0.4, -0.2) is 64.9 Å². The number of aromatic nitrogens is 2. The summed E-state index contributed by atoms with van der Waals surface area (Å²) in [5.41, 5.74) is 4.21. The van der Waals surface area contributed by atoms with Crippen molar-refractivity contribution in [2.45, 2.75) is 45.7 Å². The summed E-state index contributed by atoms with van der Waals surface area (Å²) in [7, 11) is 2.09. The summed E-state index contributed by atoms with van der Waals surface area (Å²) in [5, 5.41) is 8.18. The topological polar surface area (TPSA) is 36.3 Å². The standard InChI is InChI=1S/C17H31N5/c1-4-16-15(17(5-2)20(3)19-16)13-21-9-6-14(12-21)22-10-7-18-8-11-22/h14,18H,4-13H2,1-3H3. The van der Waals surface area contributed by atoms with Crippen LogP contribution in [0.5, 0.6) is 0 Å². The summed E-state index contributed by atoms with van der Waals surface area (Å²) in [5.74, 6) is 0. The zero-order valence-electron chi connectivity index (χ0n) is 14.4. The molecule has 3 heterocycles. The molecule has 2 fully saturated rings. The maximum atomic E-state index is 4.72. The third-order valence-electron chi connectivity index (χ3n) is 5.33. The van der Waals surface area contributed by atoms with Crippen LogP contribution in [-0.2, 0) is 26.4 Å². The zero-order chi connectivity index (χ0) is 15.5. The maximum absolute atomic E-state index is 4.72. The minimum absolute atomic E-state index is 0.758. The molecule has 0 amide bonds. The van der Waals surface area contributed by atoms with Crippen molar-refractivity contribution in [3.63, 3.8) is 0 Å². The van der Waals surface area contributed by atoms with Crippen molar-refractivity contribution < 1.29 is 0 Å². The average Bonchev–Trinajstić information content (AvgIpc) is 3.13. The normalized spacial score (nSPS) is 24.2. The Balaban J connectivity index is 1.64. The van der Waals surface area contributed by atoms with Crippen molar-refractivity contribution in [2.75, 3.05) is 39.3 Å². The van der Waals surface area contributed by atoms with Crippen LogP contribution in [0.3, 0.4) is 0 Å². The lowest BCUT2D eigenvalue weighted by Gasteiger charge is -2.32. The van der Waals surface area contributed by atoms with Gasteiger partial charge in [-0.2, -0.15) is 5.10 Å². The molecule has 3 rings (SSSR count). The number of piperazine rings is 1. The molecule has 5 nitrogen and oxygen atoms in total. The highest BCUT2D eigenvalue weighted by molar-refractivity contribution is 5.26. The lowest BCUT2D eigenvalue weighted by atomic mass is 10.1. The van der Waals surface area contributed by atoms with Crippen LogP contribution in [0.25, 0.3) is 0 Å². The van der Waals surface area contributed by atoms with Gasteiger partial charge in [0.05, 0.1) is 5.69 Å². The predicted molar refractivity (Wildman–Crippen MR) is 90.1 cm³/mol. The summed E-state index contributed by atoms with van der Waals surface area (Å²) >= 11 is 0. The highest BCUT2D eigenvalue weighted by Crippen LogP contribution is 2.22. The van der Waals surface area contributed by atoms with Gasteiger partial charge in [0, 0.05) is 70.2 Å². The Bertz CT molecular complexity index is 489. The molecule has 0 aliphatic carbocycles. The summed E-state index contributed by atoms with van der Waals surface area (Å²) in [6.07, 6.45) is 3.44.